The van der Waals surface area contributed by atoms with Crippen molar-refractivity contribution in [3.8, 4) is 11.5 Å². The Morgan fingerprint density at radius 3 is 2.77 bits per heavy atom. The Hall–Kier alpha value is -2.00. The van der Waals surface area contributed by atoms with Crippen molar-refractivity contribution in [2.24, 2.45) is 5.92 Å². The molecule has 3 heterocycles. The van der Waals surface area contributed by atoms with Gasteiger partial charge in [-0.25, -0.2) is 9.80 Å². The van der Waals surface area contributed by atoms with E-state index in [1.807, 2.05) is 11.1 Å². The van der Waals surface area contributed by atoms with Crippen molar-refractivity contribution in [1.29, 1.82) is 0 Å². The summed E-state index contributed by atoms with van der Waals surface area (Å²) in [5.74, 6) is 1.35. The number of hydrazine groups is 1. The zero-order chi connectivity index (χ0) is 22.6. The molecule has 2 unspecified atom stereocenters. The SMILES string of the molecule is CN1CC[C@]23c4c5ccc(OC(=O)NCC(=O)NN6CCCCC6)c4O[C@H]2CC=CC3C1C5.Cl.Cl. The van der Waals surface area contributed by atoms with Gasteiger partial charge < -0.3 is 19.7 Å². The second-order valence-corrected chi connectivity index (χ2v) is 10.1. The number of ether oxygens (including phenoxy) is 2. The molecule has 2 aliphatic carbocycles. The molecule has 2 amide bonds. The molecule has 2 N–H and O–H groups in total. The zero-order valence-corrected chi connectivity index (χ0v) is 21.6. The first-order chi connectivity index (χ1) is 16.1. The predicted molar refractivity (Wildman–Crippen MR) is 137 cm³/mol. The number of likely N-dealkylation sites (tertiary alicyclic amines) is 1. The normalized spacial score (nSPS) is 30.1. The number of halogens is 2. The molecule has 3 aliphatic heterocycles. The number of nitrogens with zero attached hydrogens (tertiary/aromatic N) is 2. The monoisotopic (exact) mass is 524 g/mol. The quantitative estimate of drug-likeness (QED) is 0.589. The number of hydrogen-bond donors (Lipinski definition) is 2. The van der Waals surface area contributed by atoms with Crippen LogP contribution < -0.4 is 20.2 Å². The highest BCUT2D eigenvalue weighted by molar-refractivity contribution is 5.85. The largest absolute Gasteiger partial charge is 0.485 e. The van der Waals surface area contributed by atoms with Crippen LogP contribution in [-0.2, 0) is 16.6 Å². The fraction of sp³-hybridized carbons (Fsp3) is 0.600. The Kier molecular flexibility index (Phi) is 7.57. The Morgan fingerprint density at radius 2 is 1.97 bits per heavy atom. The number of hydrogen-bond acceptors (Lipinski definition) is 6. The molecule has 1 aromatic carbocycles. The van der Waals surface area contributed by atoms with Gasteiger partial charge in [0.25, 0.3) is 5.91 Å². The topological polar surface area (TPSA) is 83.1 Å². The molecule has 6 rings (SSSR count). The van der Waals surface area contributed by atoms with Crippen LogP contribution in [0, 0.1) is 5.92 Å². The van der Waals surface area contributed by atoms with Crippen molar-refractivity contribution >= 4 is 36.8 Å². The lowest BCUT2D eigenvalue weighted by Crippen LogP contribution is -2.62. The van der Waals surface area contributed by atoms with E-state index in [0.29, 0.717) is 17.7 Å². The second kappa shape index (κ2) is 10.2. The first-order valence-corrected chi connectivity index (χ1v) is 12.3. The third-order valence-electron chi connectivity index (χ3n) is 8.32. The fourth-order valence-electron chi connectivity index (χ4n) is 6.79. The van der Waals surface area contributed by atoms with Gasteiger partial charge in [0.2, 0.25) is 0 Å². The minimum atomic E-state index is -0.636. The maximum Gasteiger partial charge on any atom is 0.413 e. The minimum Gasteiger partial charge on any atom is -0.485 e. The molecule has 192 valence electrons. The number of piperidine rings is 2. The van der Waals surface area contributed by atoms with Crippen LogP contribution in [0.1, 0.15) is 43.2 Å². The molecular weight excluding hydrogens is 491 g/mol. The zero-order valence-electron chi connectivity index (χ0n) is 20.0. The van der Waals surface area contributed by atoms with Gasteiger partial charge in [-0.3, -0.25) is 10.2 Å². The highest BCUT2D eigenvalue weighted by atomic mass is 35.5. The summed E-state index contributed by atoms with van der Waals surface area (Å²) in [5, 5.41) is 4.50. The molecule has 2 saturated heterocycles. The second-order valence-electron chi connectivity index (χ2n) is 10.1. The molecule has 2 fully saturated rings. The molecule has 4 atom stereocenters. The van der Waals surface area contributed by atoms with E-state index in [2.05, 4.69) is 40.9 Å². The molecular formula is C25H34Cl2N4O4. The molecule has 1 aromatic rings. The number of carbonyl (C=O) groups excluding carboxylic acids is 2. The van der Waals surface area contributed by atoms with E-state index in [9.17, 15) is 9.59 Å². The number of carbonyl (C=O) groups is 2. The Bertz CT molecular complexity index is 1020. The van der Waals surface area contributed by atoms with Gasteiger partial charge in [0.1, 0.15) is 12.6 Å². The van der Waals surface area contributed by atoms with Crippen LogP contribution in [-0.4, -0.2) is 67.3 Å². The lowest BCUT2D eigenvalue weighted by Gasteiger charge is -2.55. The van der Waals surface area contributed by atoms with Gasteiger partial charge in [-0.05, 0) is 50.9 Å². The Morgan fingerprint density at radius 1 is 1.17 bits per heavy atom. The summed E-state index contributed by atoms with van der Waals surface area (Å²) in [5.41, 5.74) is 5.38. The van der Waals surface area contributed by atoms with Crippen molar-refractivity contribution < 1.29 is 19.1 Å². The van der Waals surface area contributed by atoms with E-state index in [-0.39, 0.29) is 48.8 Å². The summed E-state index contributed by atoms with van der Waals surface area (Å²) < 4.78 is 12.2. The van der Waals surface area contributed by atoms with Gasteiger partial charge in [0.15, 0.2) is 11.5 Å². The number of amides is 2. The highest BCUT2D eigenvalue weighted by Crippen LogP contribution is 2.62. The summed E-state index contributed by atoms with van der Waals surface area (Å²) in [7, 11) is 2.22. The molecule has 0 aromatic heterocycles. The van der Waals surface area contributed by atoms with Crippen LogP contribution in [0.4, 0.5) is 4.79 Å². The van der Waals surface area contributed by atoms with E-state index >= 15 is 0 Å². The van der Waals surface area contributed by atoms with Gasteiger partial charge in [0, 0.05) is 42.4 Å². The Labute approximate surface area is 218 Å². The average Bonchev–Trinajstić information content (AvgIpc) is 3.16. The van der Waals surface area contributed by atoms with Crippen molar-refractivity contribution in [3.63, 3.8) is 0 Å². The Balaban J connectivity index is 0.00000144. The van der Waals surface area contributed by atoms with Crippen LogP contribution in [0.25, 0.3) is 0 Å². The molecule has 1 spiro atoms. The van der Waals surface area contributed by atoms with Gasteiger partial charge in [0.05, 0.1) is 0 Å². The summed E-state index contributed by atoms with van der Waals surface area (Å²) in [6.45, 7) is 2.62. The van der Waals surface area contributed by atoms with Crippen LogP contribution in [0.2, 0.25) is 0 Å². The fourth-order valence-corrected chi connectivity index (χ4v) is 6.79. The van der Waals surface area contributed by atoms with Crippen molar-refractivity contribution in [2.45, 2.75) is 56.1 Å². The maximum absolute atomic E-state index is 12.5. The summed E-state index contributed by atoms with van der Waals surface area (Å²) >= 11 is 0. The summed E-state index contributed by atoms with van der Waals surface area (Å²) in [6, 6.07) is 4.42. The van der Waals surface area contributed by atoms with Gasteiger partial charge in [-0.2, -0.15) is 0 Å². The van der Waals surface area contributed by atoms with Gasteiger partial charge >= 0.3 is 6.09 Å². The third kappa shape index (κ3) is 4.28. The summed E-state index contributed by atoms with van der Waals surface area (Å²) in [6.07, 6.45) is 10.3. The van der Waals surface area contributed by atoms with E-state index in [0.717, 1.165) is 57.5 Å². The average molecular weight is 525 g/mol. The van der Waals surface area contributed by atoms with Crippen LogP contribution in [0.15, 0.2) is 24.3 Å². The predicted octanol–water partition coefficient (Wildman–Crippen LogP) is 2.97. The molecule has 5 aliphatic rings. The first kappa shape index (κ1) is 26.1. The minimum absolute atomic E-state index is 0. The molecule has 8 nitrogen and oxygen atoms in total. The van der Waals surface area contributed by atoms with E-state index < -0.39 is 6.09 Å². The number of benzene rings is 1. The third-order valence-corrected chi connectivity index (χ3v) is 8.32. The van der Waals surface area contributed by atoms with E-state index in [4.69, 9.17) is 9.47 Å². The van der Waals surface area contributed by atoms with Crippen molar-refractivity contribution in [1.82, 2.24) is 20.7 Å². The number of likely N-dealkylation sites (N-methyl/N-ethyl adjacent to an activating group) is 1. The molecule has 10 heteroatoms. The van der Waals surface area contributed by atoms with E-state index in [1.165, 1.54) is 17.5 Å². The standard InChI is InChI=1S/C25H32N4O4.2ClH/c1-28-13-10-25-17-6-5-7-20(25)33-23-19(9-8-16(22(23)25)14-18(17)28)32-24(31)26-15-21(30)27-29-11-3-2-4-12-29;;/h5-6,8-9,17-18,20H,2-4,7,10-15H2,1H3,(H,26,31)(H,27,30);2*1H/t17?,18?,20-,25+;;/m0../s1. The number of rotatable bonds is 4. The van der Waals surface area contributed by atoms with Crippen LogP contribution in [0.3, 0.4) is 0 Å². The number of nitrogens with one attached hydrogen (secondary N) is 2. The lowest BCUT2D eigenvalue weighted by atomic mass is 9.54. The molecule has 35 heavy (non-hydrogen) atoms. The maximum atomic E-state index is 12.5. The molecule has 0 radical (unpaired) electrons. The van der Waals surface area contributed by atoms with Crippen molar-refractivity contribution in [2.75, 3.05) is 33.2 Å². The van der Waals surface area contributed by atoms with Crippen LogP contribution >= 0.6 is 24.8 Å². The van der Waals surface area contributed by atoms with E-state index in [1.54, 1.807) is 0 Å². The highest BCUT2D eigenvalue weighted by Gasteiger charge is 2.62. The van der Waals surface area contributed by atoms with Gasteiger partial charge in [-0.15, -0.1) is 24.8 Å². The first-order valence-electron chi connectivity index (χ1n) is 12.3. The smallest absolute Gasteiger partial charge is 0.413 e. The van der Waals surface area contributed by atoms with Gasteiger partial charge in [-0.1, -0.05) is 24.6 Å². The lowest BCUT2D eigenvalue weighted by molar-refractivity contribution is -0.125. The van der Waals surface area contributed by atoms with Crippen molar-refractivity contribution in [3.05, 3.63) is 35.4 Å². The summed E-state index contributed by atoms with van der Waals surface area (Å²) in [4.78, 5) is 27.2. The molecule has 0 saturated carbocycles. The van der Waals surface area contributed by atoms with Crippen LogP contribution in [0.5, 0.6) is 11.5 Å². The molecule has 2 bridgehead atoms.